The first-order valence-corrected chi connectivity index (χ1v) is 6.88. The lowest BCUT2D eigenvalue weighted by Gasteiger charge is -2.23. The predicted octanol–water partition coefficient (Wildman–Crippen LogP) is 0.664. The van der Waals surface area contributed by atoms with Crippen molar-refractivity contribution < 1.29 is 32.2 Å². The van der Waals surface area contributed by atoms with Gasteiger partial charge in [0.1, 0.15) is 4.90 Å². The zero-order valence-electron chi connectivity index (χ0n) is 10.7. The highest BCUT2D eigenvalue weighted by atomic mass is 32.2. The highest BCUT2D eigenvalue weighted by molar-refractivity contribution is 7.89. The summed E-state index contributed by atoms with van der Waals surface area (Å²) in [7, 11) is -3.39. The summed E-state index contributed by atoms with van der Waals surface area (Å²) >= 11 is 0. The van der Waals surface area contributed by atoms with E-state index in [1.54, 1.807) is 0 Å². The van der Waals surface area contributed by atoms with Crippen LogP contribution in [0.5, 0.6) is 0 Å². The van der Waals surface area contributed by atoms with Gasteiger partial charge in [0.25, 0.3) is 0 Å². The molecule has 0 fully saturated rings. The van der Waals surface area contributed by atoms with Gasteiger partial charge in [0.15, 0.2) is 11.6 Å². The van der Waals surface area contributed by atoms with Gasteiger partial charge in [-0.05, 0) is 19.1 Å². The maximum Gasteiger partial charge on any atom is 0.335 e. The number of carboxylic acids is 1. The molecule has 0 saturated heterocycles. The largest absolute Gasteiger partial charge is 0.478 e. The first-order valence-electron chi connectivity index (χ1n) is 5.44. The Labute approximate surface area is 114 Å². The highest BCUT2D eigenvalue weighted by Crippen LogP contribution is 2.23. The number of halogens is 2. The molecule has 0 bridgehead atoms. The summed E-state index contributed by atoms with van der Waals surface area (Å²) in [4.78, 5) is 9.68. The second-order valence-electron chi connectivity index (χ2n) is 4.13. The van der Waals surface area contributed by atoms with Crippen LogP contribution < -0.4 is 0 Å². The number of hydrogen-bond donors (Lipinski definition) is 2. The molecule has 0 heterocycles. The van der Waals surface area contributed by atoms with Gasteiger partial charge in [0, 0.05) is 13.1 Å². The molecular formula is C11H13F2NO5S. The number of likely N-dealkylation sites (N-methyl/N-ethyl adjacent to an activating group) is 1. The summed E-state index contributed by atoms with van der Waals surface area (Å²) in [6, 6.07) is 0.0546. The number of aliphatic hydroxyl groups is 1. The minimum Gasteiger partial charge on any atom is -0.478 e. The van der Waals surface area contributed by atoms with E-state index in [0.29, 0.717) is 16.4 Å². The fourth-order valence-electron chi connectivity index (χ4n) is 1.38. The third kappa shape index (κ3) is 2.94. The van der Waals surface area contributed by atoms with Crippen LogP contribution in [0.15, 0.2) is 17.0 Å². The number of carboxylic acid groups (broad SMARTS) is 1. The quantitative estimate of drug-likeness (QED) is 0.833. The van der Waals surface area contributed by atoms with E-state index in [1.165, 1.54) is 6.92 Å². The molecule has 1 aromatic rings. The molecule has 112 valence electrons. The van der Waals surface area contributed by atoms with Gasteiger partial charge in [-0.3, -0.25) is 0 Å². The van der Waals surface area contributed by atoms with Crippen LogP contribution in [0.3, 0.4) is 0 Å². The molecule has 0 radical (unpaired) electrons. The van der Waals surface area contributed by atoms with Gasteiger partial charge >= 0.3 is 5.97 Å². The first kappa shape index (κ1) is 16.5. The van der Waals surface area contributed by atoms with Gasteiger partial charge in [-0.2, -0.15) is 4.31 Å². The van der Waals surface area contributed by atoms with Crippen molar-refractivity contribution in [2.45, 2.75) is 17.9 Å². The zero-order chi connectivity index (χ0) is 15.7. The van der Waals surface area contributed by atoms with Crippen LogP contribution in [0.1, 0.15) is 17.3 Å². The van der Waals surface area contributed by atoms with E-state index in [1.807, 2.05) is 0 Å². The van der Waals surface area contributed by atoms with E-state index in [-0.39, 0.29) is 0 Å². The van der Waals surface area contributed by atoms with Crippen molar-refractivity contribution in [1.82, 2.24) is 4.31 Å². The summed E-state index contributed by atoms with van der Waals surface area (Å²) in [6.45, 7) is 0.825. The van der Waals surface area contributed by atoms with Gasteiger partial charge < -0.3 is 10.2 Å². The Hall–Kier alpha value is -1.58. The molecule has 1 aromatic carbocycles. The summed E-state index contributed by atoms with van der Waals surface area (Å²) < 4.78 is 51.8. The minimum absolute atomic E-state index is 0.395. The van der Waals surface area contributed by atoms with Crippen LogP contribution in [0.4, 0.5) is 8.78 Å². The smallest absolute Gasteiger partial charge is 0.335 e. The normalized spacial score (nSPS) is 13.5. The summed E-state index contributed by atoms with van der Waals surface area (Å²) in [6.07, 6.45) is 0. The molecule has 0 spiro atoms. The van der Waals surface area contributed by atoms with Crippen molar-refractivity contribution in [3.63, 3.8) is 0 Å². The van der Waals surface area contributed by atoms with E-state index < -0.39 is 50.7 Å². The van der Waals surface area contributed by atoms with E-state index in [4.69, 9.17) is 10.2 Å². The van der Waals surface area contributed by atoms with Crippen LogP contribution in [-0.2, 0) is 10.0 Å². The van der Waals surface area contributed by atoms with Gasteiger partial charge in [0.05, 0.1) is 12.2 Å². The van der Waals surface area contributed by atoms with Crippen molar-refractivity contribution in [2.24, 2.45) is 0 Å². The van der Waals surface area contributed by atoms with Gasteiger partial charge in [-0.1, -0.05) is 0 Å². The highest BCUT2D eigenvalue weighted by Gasteiger charge is 2.30. The topological polar surface area (TPSA) is 94.9 Å². The number of aliphatic hydroxyl groups excluding tert-OH is 1. The Balaban J connectivity index is 3.49. The Morgan fingerprint density at radius 2 is 1.95 bits per heavy atom. The third-order valence-corrected chi connectivity index (χ3v) is 4.75. The van der Waals surface area contributed by atoms with E-state index in [2.05, 4.69) is 0 Å². The van der Waals surface area contributed by atoms with E-state index >= 15 is 0 Å². The molecule has 0 aliphatic heterocycles. The first-order chi connectivity index (χ1) is 9.12. The molecule has 0 aromatic heterocycles. The van der Waals surface area contributed by atoms with Crippen molar-refractivity contribution >= 4 is 16.0 Å². The van der Waals surface area contributed by atoms with Crippen LogP contribution in [0.2, 0.25) is 0 Å². The van der Waals surface area contributed by atoms with Crippen LogP contribution in [0, 0.1) is 11.6 Å². The average Bonchev–Trinajstić information content (AvgIpc) is 2.39. The van der Waals surface area contributed by atoms with E-state index in [0.717, 1.165) is 7.05 Å². The number of aromatic carboxylic acids is 1. The maximum atomic E-state index is 13.6. The molecule has 0 amide bonds. The van der Waals surface area contributed by atoms with Crippen molar-refractivity contribution in [1.29, 1.82) is 0 Å². The predicted molar refractivity (Wildman–Crippen MR) is 64.8 cm³/mol. The molecule has 20 heavy (non-hydrogen) atoms. The standard InChI is InChI=1S/C11H13F2NO5S/c1-6(5-15)14(2)20(18,19)9-4-7(11(16)17)3-8(12)10(9)13/h3-4,6,15H,5H2,1-2H3,(H,16,17). The number of nitrogens with zero attached hydrogens (tertiary/aromatic N) is 1. The Morgan fingerprint density at radius 3 is 2.40 bits per heavy atom. The number of hydrogen-bond acceptors (Lipinski definition) is 4. The fourth-order valence-corrected chi connectivity index (χ4v) is 2.83. The Kier molecular flexibility index (Phi) is 4.79. The molecule has 0 saturated carbocycles. The lowest BCUT2D eigenvalue weighted by atomic mass is 10.2. The Bertz CT molecular complexity index is 632. The summed E-state index contributed by atoms with van der Waals surface area (Å²) in [5.74, 6) is -4.82. The molecular weight excluding hydrogens is 296 g/mol. The summed E-state index contributed by atoms with van der Waals surface area (Å²) in [5.41, 5.74) is -0.687. The van der Waals surface area contributed by atoms with Crippen LogP contribution >= 0.6 is 0 Å². The van der Waals surface area contributed by atoms with Crippen molar-refractivity contribution in [2.75, 3.05) is 13.7 Å². The van der Waals surface area contributed by atoms with E-state index in [9.17, 15) is 22.0 Å². The number of rotatable bonds is 5. The lowest BCUT2D eigenvalue weighted by Crippen LogP contribution is -2.37. The SMILES string of the molecule is CC(CO)N(C)S(=O)(=O)c1cc(C(=O)O)cc(F)c1F. The molecule has 0 aliphatic carbocycles. The molecule has 1 unspecified atom stereocenters. The average molecular weight is 309 g/mol. The lowest BCUT2D eigenvalue weighted by molar-refractivity contribution is 0.0696. The van der Waals surface area contributed by atoms with Crippen molar-refractivity contribution in [3.05, 3.63) is 29.3 Å². The Morgan fingerprint density at radius 1 is 1.40 bits per heavy atom. The molecule has 9 heteroatoms. The van der Waals surface area contributed by atoms with Crippen LogP contribution in [0.25, 0.3) is 0 Å². The fraction of sp³-hybridized carbons (Fsp3) is 0.364. The molecule has 6 nitrogen and oxygen atoms in total. The van der Waals surface area contributed by atoms with Gasteiger partial charge in [-0.25, -0.2) is 22.0 Å². The number of benzene rings is 1. The molecule has 1 rings (SSSR count). The third-order valence-electron chi connectivity index (χ3n) is 2.78. The maximum absolute atomic E-state index is 13.6. The second-order valence-corrected chi connectivity index (χ2v) is 6.09. The minimum atomic E-state index is -4.46. The van der Waals surface area contributed by atoms with Gasteiger partial charge in [-0.15, -0.1) is 0 Å². The van der Waals surface area contributed by atoms with Gasteiger partial charge in [0.2, 0.25) is 10.0 Å². The van der Waals surface area contributed by atoms with Crippen LogP contribution in [-0.4, -0.2) is 48.6 Å². The summed E-state index contributed by atoms with van der Waals surface area (Å²) in [5, 5.41) is 17.7. The second kappa shape index (κ2) is 5.81. The monoisotopic (exact) mass is 309 g/mol. The zero-order valence-corrected chi connectivity index (χ0v) is 11.5. The number of sulfonamides is 1. The molecule has 2 N–H and O–H groups in total. The molecule has 1 atom stereocenters. The van der Waals surface area contributed by atoms with Crippen molar-refractivity contribution in [3.8, 4) is 0 Å². The number of carbonyl (C=O) groups is 1. The molecule has 0 aliphatic rings.